The van der Waals surface area contributed by atoms with Crippen LogP contribution in [-0.2, 0) is 13.0 Å². The molecule has 11 heteroatoms. The molecule has 258 valence electrons. The molecule has 0 fully saturated rings. The van der Waals surface area contributed by atoms with E-state index in [1.54, 1.807) is 10.7 Å². The van der Waals surface area contributed by atoms with Crippen molar-refractivity contribution in [1.82, 2.24) is 15.0 Å². The summed E-state index contributed by atoms with van der Waals surface area (Å²) in [6, 6.07) is 14.0. The summed E-state index contributed by atoms with van der Waals surface area (Å²) >= 11 is 0. The average Bonchev–Trinajstić information content (AvgIpc) is 3.41. The number of rotatable bonds is 9. The van der Waals surface area contributed by atoms with Crippen LogP contribution in [0.1, 0.15) is 59.6 Å². The minimum Gasteiger partial charge on any atom is -0.543 e. The summed E-state index contributed by atoms with van der Waals surface area (Å²) in [6.45, 7) is 25.2. The van der Waals surface area contributed by atoms with Crippen LogP contribution in [0.4, 0.5) is 8.78 Å². The van der Waals surface area contributed by atoms with Crippen molar-refractivity contribution in [2.24, 2.45) is 0 Å². The lowest BCUT2D eigenvalue weighted by Crippen LogP contribution is -2.44. The molecule has 0 N–H and O–H groups in total. The zero-order valence-electron chi connectivity index (χ0n) is 30.2. The molecule has 0 unspecified atom stereocenters. The van der Waals surface area contributed by atoms with Gasteiger partial charge in [0.15, 0.2) is 23.1 Å². The predicted octanol–water partition coefficient (Wildman–Crippen LogP) is 10.0. The Morgan fingerprint density at radius 1 is 0.792 bits per heavy atom. The predicted molar refractivity (Wildman–Crippen MR) is 192 cm³/mol. The molecule has 1 aromatic heterocycles. The number of halogens is 2. The van der Waals surface area contributed by atoms with E-state index in [2.05, 4.69) is 85.9 Å². The highest BCUT2D eigenvalue weighted by Gasteiger charge is 2.42. The number of hydrogen-bond donors (Lipinski definition) is 0. The summed E-state index contributed by atoms with van der Waals surface area (Å²) in [5.41, 5.74) is 3.87. The Morgan fingerprint density at radius 3 is 2.04 bits per heavy atom. The minimum absolute atomic E-state index is 0.00256. The second kappa shape index (κ2) is 13.0. The SMILES string of the molecule is CCc1cc(-c2nnn(Cc3cccc(F)c3F)c2-c2ccc3c(c2)OCCO3)c(O[Si](C)(C)C(C)(C)C)cc1O[Si](C)(C)C(C)(C)C. The largest absolute Gasteiger partial charge is 0.543 e. The number of fused-ring (bicyclic) bond motifs is 1. The van der Waals surface area contributed by atoms with Crippen LogP contribution < -0.4 is 18.3 Å². The Kier molecular flexibility index (Phi) is 9.61. The Morgan fingerprint density at radius 2 is 1.42 bits per heavy atom. The van der Waals surface area contributed by atoms with E-state index in [1.807, 2.05) is 24.3 Å². The van der Waals surface area contributed by atoms with Crippen LogP contribution in [0.15, 0.2) is 48.5 Å². The maximum Gasteiger partial charge on any atom is 0.250 e. The van der Waals surface area contributed by atoms with Crippen LogP contribution in [0.3, 0.4) is 0 Å². The molecule has 0 atom stereocenters. The van der Waals surface area contributed by atoms with Crippen molar-refractivity contribution < 1.29 is 27.1 Å². The first-order valence-electron chi connectivity index (χ1n) is 16.6. The van der Waals surface area contributed by atoms with E-state index in [9.17, 15) is 4.39 Å². The molecule has 5 rings (SSSR count). The lowest BCUT2D eigenvalue weighted by Gasteiger charge is -2.39. The average molecular weight is 694 g/mol. The highest BCUT2D eigenvalue weighted by molar-refractivity contribution is 6.75. The zero-order valence-corrected chi connectivity index (χ0v) is 32.2. The zero-order chi connectivity index (χ0) is 35.2. The van der Waals surface area contributed by atoms with E-state index in [0.29, 0.717) is 41.9 Å². The third-order valence-electron chi connectivity index (χ3n) is 10.0. The third-order valence-corrected chi connectivity index (χ3v) is 18.7. The van der Waals surface area contributed by atoms with Gasteiger partial charge in [-0.15, -0.1) is 5.10 Å². The first-order valence-corrected chi connectivity index (χ1v) is 22.5. The fraction of sp³-hybridized carbons (Fsp3) is 0.459. The van der Waals surface area contributed by atoms with Gasteiger partial charge >= 0.3 is 0 Å². The van der Waals surface area contributed by atoms with Crippen molar-refractivity contribution in [3.8, 4) is 45.5 Å². The summed E-state index contributed by atoms with van der Waals surface area (Å²) in [5, 5.41) is 9.18. The molecule has 0 aliphatic carbocycles. The van der Waals surface area contributed by atoms with Crippen molar-refractivity contribution >= 4 is 16.6 Å². The van der Waals surface area contributed by atoms with Gasteiger partial charge in [-0.3, -0.25) is 0 Å². The molecule has 2 heterocycles. The highest BCUT2D eigenvalue weighted by Crippen LogP contribution is 2.47. The Hall–Kier alpha value is -3.71. The molecular weight excluding hydrogens is 645 g/mol. The van der Waals surface area contributed by atoms with Gasteiger partial charge in [0.25, 0.3) is 8.32 Å². The standard InChI is InChI=1S/C37H49F2N3O4Si2/c1-12-24-20-27(31(46-48(10,11)37(5,6)7)22-30(24)45-47(8,9)36(2,3)4)34-35(25-16-17-29-32(21-25)44-19-18-43-29)42(41-40-34)23-26-14-13-15-28(38)33(26)39/h13-17,20-22H,12,18-19,23H2,1-11H3. The first-order chi connectivity index (χ1) is 22.3. The molecule has 0 spiro atoms. The lowest BCUT2D eigenvalue weighted by molar-refractivity contribution is 0.171. The Balaban J connectivity index is 1.76. The van der Waals surface area contributed by atoms with Gasteiger partial charge < -0.3 is 18.3 Å². The molecule has 0 radical (unpaired) electrons. The molecule has 48 heavy (non-hydrogen) atoms. The van der Waals surface area contributed by atoms with Crippen molar-refractivity contribution in [2.75, 3.05) is 13.2 Å². The van der Waals surface area contributed by atoms with Crippen LogP contribution in [0.2, 0.25) is 36.3 Å². The van der Waals surface area contributed by atoms with Crippen molar-refractivity contribution in [3.05, 3.63) is 71.3 Å². The van der Waals surface area contributed by atoms with Gasteiger partial charge in [0, 0.05) is 22.8 Å². The van der Waals surface area contributed by atoms with E-state index in [0.717, 1.165) is 34.9 Å². The van der Waals surface area contributed by atoms with Gasteiger partial charge in [-0.2, -0.15) is 0 Å². The monoisotopic (exact) mass is 693 g/mol. The number of aryl methyl sites for hydroxylation is 1. The van der Waals surface area contributed by atoms with Crippen LogP contribution in [0, 0.1) is 11.6 Å². The Labute approximate surface area is 285 Å². The van der Waals surface area contributed by atoms with Gasteiger partial charge in [-0.25, -0.2) is 13.5 Å². The molecule has 4 aromatic rings. The first kappa shape index (κ1) is 35.6. The van der Waals surface area contributed by atoms with Crippen LogP contribution >= 0.6 is 0 Å². The number of benzene rings is 3. The van der Waals surface area contributed by atoms with Crippen LogP contribution in [0.25, 0.3) is 22.5 Å². The van der Waals surface area contributed by atoms with Crippen molar-refractivity contribution in [1.29, 1.82) is 0 Å². The number of aromatic nitrogens is 3. The van der Waals surface area contributed by atoms with E-state index >= 15 is 4.39 Å². The van der Waals surface area contributed by atoms with Crippen LogP contribution in [0.5, 0.6) is 23.0 Å². The summed E-state index contributed by atoms with van der Waals surface area (Å²) in [6.07, 6.45) is 0.722. The van der Waals surface area contributed by atoms with E-state index in [1.165, 1.54) is 6.07 Å². The molecule has 0 amide bonds. The molecule has 7 nitrogen and oxygen atoms in total. The molecule has 0 saturated carbocycles. The molecule has 0 saturated heterocycles. The number of ether oxygens (including phenoxy) is 2. The van der Waals surface area contributed by atoms with E-state index in [4.69, 9.17) is 23.4 Å². The fourth-order valence-electron chi connectivity index (χ4n) is 5.02. The third kappa shape index (κ3) is 7.03. The van der Waals surface area contributed by atoms with Crippen molar-refractivity contribution in [2.45, 2.75) is 97.7 Å². The summed E-state index contributed by atoms with van der Waals surface area (Å²) < 4.78 is 56.7. The van der Waals surface area contributed by atoms with Gasteiger partial charge in [-0.05, 0) is 78.6 Å². The topological polar surface area (TPSA) is 67.6 Å². The van der Waals surface area contributed by atoms with E-state index < -0.39 is 28.3 Å². The second-order valence-electron chi connectivity index (χ2n) is 15.6. The normalized spacial score (nSPS) is 13.9. The van der Waals surface area contributed by atoms with Gasteiger partial charge in [0.1, 0.15) is 30.4 Å². The van der Waals surface area contributed by atoms with E-state index in [-0.39, 0.29) is 22.2 Å². The molecule has 1 aliphatic heterocycles. The minimum atomic E-state index is -2.37. The quantitative estimate of drug-likeness (QED) is 0.163. The molecule has 0 bridgehead atoms. The smallest absolute Gasteiger partial charge is 0.250 e. The van der Waals surface area contributed by atoms with Crippen LogP contribution in [-0.4, -0.2) is 44.8 Å². The van der Waals surface area contributed by atoms with Gasteiger partial charge in [-0.1, -0.05) is 65.8 Å². The summed E-state index contributed by atoms with van der Waals surface area (Å²) in [4.78, 5) is 0. The lowest BCUT2D eigenvalue weighted by atomic mass is 9.99. The summed E-state index contributed by atoms with van der Waals surface area (Å²) in [5.74, 6) is 0.893. The van der Waals surface area contributed by atoms with Crippen molar-refractivity contribution in [3.63, 3.8) is 0 Å². The molecular formula is C37H49F2N3O4Si2. The maximum atomic E-state index is 15.0. The maximum absolute atomic E-state index is 15.0. The number of nitrogens with zero attached hydrogens (tertiary/aromatic N) is 3. The second-order valence-corrected chi connectivity index (χ2v) is 25.0. The number of hydrogen-bond acceptors (Lipinski definition) is 6. The molecule has 3 aromatic carbocycles. The Bertz CT molecular complexity index is 1810. The fourth-order valence-corrected chi connectivity index (χ4v) is 7.09. The highest BCUT2D eigenvalue weighted by atomic mass is 28.4. The summed E-state index contributed by atoms with van der Waals surface area (Å²) in [7, 11) is -4.57. The molecule has 1 aliphatic rings. The van der Waals surface area contributed by atoms with Gasteiger partial charge in [0.05, 0.1) is 12.2 Å². The van der Waals surface area contributed by atoms with Gasteiger partial charge in [0.2, 0.25) is 8.32 Å².